The Balaban J connectivity index is 1.71. The summed E-state index contributed by atoms with van der Waals surface area (Å²) in [7, 11) is 0. The smallest absolute Gasteiger partial charge is 0.227 e. The van der Waals surface area contributed by atoms with Crippen LogP contribution in [0.5, 0.6) is 0 Å². The minimum absolute atomic E-state index is 0.168. The van der Waals surface area contributed by atoms with Crippen molar-refractivity contribution in [3.8, 4) is 21.8 Å². The second kappa shape index (κ2) is 7.00. The van der Waals surface area contributed by atoms with Gasteiger partial charge in [0.25, 0.3) is 0 Å². The summed E-state index contributed by atoms with van der Waals surface area (Å²) in [5, 5.41) is 3.06. The Kier molecular flexibility index (Phi) is 4.55. The van der Waals surface area contributed by atoms with Crippen molar-refractivity contribution < 1.29 is 4.79 Å². The second-order valence-corrected chi connectivity index (χ2v) is 7.69. The highest BCUT2D eigenvalue weighted by Gasteiger charge is 2.24. The van der Waals surface area contributed by atoms with E-state index in [0.717, 1.165) is 40.4 Å². The lowest BCUT2D eigenvalue weighted by Gasteiger charge is -2.27. The zero-order valence-electron chi connectivity index (χ0n) is 15.0. The van der Waals surface area contributed by atoms with E-state index in [1.807, 2.05) is 23.2 Å². The molecule has 0 N–H and O–H groups in total. The molecule has 1 amide bonds. The van der Waals surface area contributed by atoms with Gasteiger partial charge < -0.3 is 4.90 Å². The Morgan fingerprint density at radius 3 is 2.81 bits per heavy atom. The molecule has 26 heavy (non-hydrogen) atoms. The number of nitrogens with zero attached hydrogens (tertiary/aromatic N) is 3. The standard InChI is InChI=1S/C21H21N3OS/c1-14(2)24-19-9-8-15(11-16(19)5-3-7-20(24)25)18-13-26-21(23-18)17-6-4-10-22-12-17/h4,6,8-14H,3,5,7H2,1-2H3. The van der Waals surface area contributed by atoms with E-state index in [1.54, 1.807) is 17.5 Å². The first-order chi connectivity index (χ1) is 12.6. The van der Waals surface area contributed by atoms with Gasteiger partial charge in [-0.2, -0.15) is 0 Å². The highest BCUT2D eigenvalue weighted by molar-refractivity contribution is 7.13. The Labute approximate surface area is 157 Å². The van der Waals surface area contributed by atoms with Gasteiger partial charge in [-0.05, 0) is 56.5 Å². The predicted molar refractivity (Wildman–Crippen MR) is 106 cm³/mol. The average Bonchev–Trinajstić information content (AvgIpc) is 3.07. The van der Waals surface area contributed by atoms with Gasteiger partial charge in [0.2, 0.25) is 5.91 Å². The third kappa shape index (κ3) is 3.15. The molecule has 5 heteroatoms. The molecule has 3 aromatic rings. The second-order valence-electron chi connectivity index (χ2n) is 6.83. The number of amides is 1. The number of carbonyl (C=O) groups excluding carboxylic acids is 1. The minimum atomic E-state index is 0.168. The van der Waals surface area contributed by atoms with Crippen molar-refractivity contribution in [3.05, 3.63) is 53.7 Å². The van der Waals surface area contributed by atoms with Crippen molar-refractivity contribution in [1.29, 1.82) is 0 Å². The molecular weight excluding hydrogens is 342 g/mol. The van der Waals surface area contributed by atoms with E-state index in [0.29, 0.717) is 6.42 Å². The lowest BCUT2D eigenvalue weighted by molar-refractivity contribution is -0.118. The molecule has 0 aliphatic carbocycles. The molecule has 0 radical (unpaired) electrons. The lowest BCUT2D eigenvalue weighted by atomic mass is 10.0. The van der Waals surface area contributed by atoms with E-state index in [9.17, 15) is 4.79 Å². The molecule has 0 bridgehead atoms. The van der Waals surface area contributed by atoms with E-state index in [-0.39, 0.29) is 11.9 Å². The molecule has 1 aromatic carbocycles. The van der Waals surface area contributed by atoms with Crippen molar-refractivity contribution in [1.82, 2.24) is 9.97 Å². The molecule has 0 unspecified atom stereocenters. The zero-order chi connectivity index (χ0) is 18.1. The fourth-order valence-corrected chi connectivity index (χ4v) is 4.28. The summed E-state index contributed by atoms with van der Waals surface area (Å²) < 4.78 is 0. The molecule has 1 aliphatic rings. The number of hydrogen-bond acceptors (Lipinski definition) is 4. The van der Waals surface area contributed by atoms with Crippen molar-refractivity contribution in [3.63, 3.8) is 0 Å². The van der Waals surface area contributed by atoms with Crippen molar-refractivity contribution in [2.24, 2.45) is 0 Å². The Bertz CT molecular complexity index is 933. The van der Waals surface area contributed by atoms with Crippen LogP contribution in [0, 0.1) is 0 Å². The summed E-state index contributed by atoms with van der Waals surface area (Å²) in [6, 6.07) is 10.5. The van der Waals surface area contributed by atoms with E-state index in [1.165, 1.54) is 5.56 Å². The largest absolute Gasteiger partial charge is 0.310 e. The van der Waals surface area contributed by atoms with Gasteiger partial charge in [-0.15, -0.1) is 11.3 Å². The number of carbonyl (C=O) groups is 1. The molecule has 0 spiro atoms. The molecule has 3 heterocycles. The fourth-order valence-electron chi connectivity index (χ4n) is 3.46. The van der Waals surface area contributed by atoms with E-state index < -0.39 is 0 Å². The Hall–Kier alpha value is -2.53. The molecular formula is C21H21N3OS. The summed E-state index contributed by atoms with van der Waals surface area (Å²) in [5.74, 6) is 0.221. The number of pyridine rings is 1. The van der Waals surface area contributed by atoms with Crippen LogP contribution in [0.25, 0.3) is 21.8 Å². The topological polar surface area (TPSA) is 46.1 Å². The number of aryl methyl sites for hydroxylation is 1. The molecule has 0 fully saturated rings. The normalized spacial score (nSPS) is 14.4. The maximum Gasteiger partial charge on any atom is 0.227 e. The van der Waals surface area contributed by atoms with Gasteiger partial charge in [-0.3, -0.25) is 9.78 Å². The quantitative estimate of drug-likeness (QED) is 0.661. The van der Waals surface area contributed by atoms with Crippen LogP contribution in [0.3, 0.4) is 0 Å². The first kappa shape index (κ1) is 16.9. The van der Waals surface area contributed by atoms with Crippen LogP contribution in [-0.2, 0) is 11.2 Å². The lowest BCUT2D eigenvalue weighted by Crippen LogP contribution is -2.36. The molecule has 4 nitrogen and oxygen atoms in total. The number of benzene rings is 1. The van der Waals surface area contributed by atoms with Crippen molar-refractivity contribution in [2.75, 3.05) is 4.90 Å². The van der Waals surface area contributed by atoms with Crippen LogP contribution in [-0.4, -0.2) is 21.9 Å². The molecule has 0 saturated heterocycles. The summed E-state index contributed by atoms with van der Waals surface area (Å²) >= 11 is 1.63. The summed E-state index contributed by atoms with van der Waals surface area (Å²) in [6.45, 7) is 4.14. The van der Waals surface area contributed by atoms with Gasteiger partial charge in [-0.25, -0.2) is 4.98 Å². The van der Waals surface area contributed by atoms with E-state index in [4.69, 9.17) is 4.98 Å². The number of anilines is 1. The maximum absolute atomic E-state index is 12.4. The van der Waals surface area contributed by atoms with Crippen LogP contribution in [0.15, 0.2) is 48.1 Å². The Morgan fingerprint density at radius 1 is 1.15 bits per heavy atom. The SMILES string of the molecule is CC(C)N1C(=O)CCCc2cc(-c3csc(-c4cccnc4)n3)ccc21. The molecule has 2 aromatic heterocycles. The molecule has 4 rings (SSSR count). The van der Waals surface area contributed by atoms with Crippen LogP contribution in [0.4, 0.5) is 5.69 Å². The first-order valence-corrected chi connectivity index (χ1v) is 9.83. The van der Waals surface area contributed by atoms with Gasteiger partial charge in [-0.1, -0.05) is 6.07 Å². The number of rotatable bonds is 3. The highest BCUT2D eigenvalue weighted by atomic mass is 32.1. The maximum atomic E-state index is 12.4. The fraction of sp³-hybridized carbons (Fsp3) is 0.286. The summed E-state index contributed by atoms with van der Waals surface area (Å²) in [6.07, 6.45) is 6.05. The zero-order valence-corrected chi connectivity index (χ0v) is 15.8. The summed E-state index contributed by atoms with van der Waals surface area (Å²) in [4.78, 5) is 23.3. The molecule has 0 saturated carbocycles. The van der Waals surface area contributed by atoms with Gasteiger partial charge in [0, 0.05) is 47.1 Å². The molecule has 132 valence electrons. The van der Waals surface area contributed by atoms with E-state index >= 15 is 0 Å². The average molecular weight is 363 g/mol. The highest BCUT2D eigenvalue weighted by Crippen LogP contribution is 2.34. The van der Waals surface area contributed by atoms with Crippen LogP contribution in [0.2, 0.25) is 0 Å². The Morgan fingerprint density at radius 2 is 2.04 bits per heavy atom. The predicted octanol–water partition coefficient (Wildman–Crippen LogP) is 4.95. The number of fused-ring (bicyclic) bond motifs is 1. The molecule has 0 atom stereocenters. The first-order valence-electron chi connectivity index (χ1n) is 8.95. The third-order valence-corrected chi connectivity index (χ3v) is 5.56. The van der Waals surface area contributed by atoms with Gasteiger partial charge in [0.05, 0.1) is 5.69 Å². The van der Waals surface area contributed by atoms with Gasteiger partial charge in [0.15, 0.2) is 0 Å². The van der Waals surface area contributed by atoms with Crippen molar-refractivity contribution >= 4 is 22.9 Å². The number of aromatic nitrogens is 2. The van der Waals surface area contributed by atoms with Crippen LogP contribution >= 0.6 is 11.3 Å². The monoisotopic (exact) mass is 363 g/mol. The number of hydrogen-bond donors (Lipinski definition) is 0. The van der Waals surface area contributed by atoms with Crippen molar-refractivity contribution in [2.45, 2.75) is 39.2 Å². The van der Waals surface area contributed by atoms with Gasteiger partial charge in [0.1, 0.15) is 5.01 Å². The van der Waals surface area contributed by atoms with E-state index in [2.05, 4.69) is 42.4 Å². The third-order valence-electron chi connectivity index (χ3n) is 4.67. The van der Waals surface area contributed by atoms with Crippen LogP contribution < -0.4 is 4.90 Å². The number of thiazole rings is 1. The summed E-state index contributed by atoms with van der Waals surface area (Å²) in [5.41, 5.74) is 5.40. The molecule has 1 aliphatic heterocycles. The van der Waals surface area contributed by atoms with Crippen LogP contribution in [0.1, 0.15) is 32.3 Å². The van der Waals surface area contributed by atoms with Gasteiger partial charge >= 0.3 is 0 Å². The minimum Gasteiger partial charge on any atom is -0.310 e.